The van der Waals surface area contributed by atoms with Crippen molar-refractivity contribution in [2.75, 3.05) is 11.6 Å². The van der Waals surface area contributed by atoms with Crippen LogP contribution in [0, 0.1) is 12.7 Å². The number of anilines is 1. The zero-order valence-corrected chi connectivity index (χ0v) is 18.2. The van der Waals surface area contributed by atoms with Crippen LogP contribution in [0.2, 0.25) is 0 Å². The van der Waals surface area contributed by atoms with Crippen molar-refractivity contribution in [3.05, 3.63) is 77.9 Å². The Morgan fingerprint density at radius 1 is 1.06 bits per heavy atom. The third-order valence-corrected chi connectivity index (χ3v) is 6.89. The molecule has 0 bridgehead atoms. The van der Waals surface area contributed by atoms with E-state index in [0.717, 1.165) is 27.8 Å². The normalized spacial score (nSPS) is 11.5. The average Bonchev–Trinajstić information content (AvgIpc) is 3.34. The van der Waals surface area contributed by atoms with Crippen LogP contribution in [0.5, 0.6) is 0 Å². The summed E-state index contributed by atoms with van der Waals surface area (Å²) in [6.45, 7) is 1.65. The van der Waals surface area contributed by atoms with Crippen LogP contribution in [0.15, 0.2) is 70.2 Å². The fourth-order valence-electron chi connectivity index (χ4n) is 3.06. The van der Waals surface area contributed by atoms with E-state index < -0.39 is 9.84 Å². The Kier molecular flexibility index (Phi) is 5.47. The van der Waals surface area contributed by atoms with Gasteiger partial charge in [-0.15, -0.1) is 11.3 Å². The maximum atomic E-state index is 13.4. The van der Waals surface area contributed by atoms with Crippen LogP contribution in [0.3, 0.4) is 0 Å². The lowest BCUT2D eigenvalue weighted by molar-refractivity contribution is 0.102. The Bertz CT molecular complexity index is 1360. The number of aromatic nitrogens is 1. The highest BCUT2D eigenvalue weighted by Crippen LogP contribution is 2.42. The number of hydrogen-bond acceptors (Lipinski definition) is 6. The van der Waals surface area contributed by atoms with Gasteiger partial charge in [0.2, 0.25) is 0 Å². The minimum Gasteiger partial charge on any atom is -0.361 e. The van der Waals surface area contributed by atoms with Crippen molar-refractivity contribution in [1.29, 1.82) is 0 Å². The molecule has 31 heavy (non-hydrogen) atoms. The van der Waals surface area contributed by atoms with E-state index >= 15 is 0 Å². The monoisotopic (exact) mass is 456 g/mol. The van der Waals surface area contributed by atoms with Gasteiger partial charge in [0.25, 0.3) is 5.91 Å². The number of sulfone groups is 1. The van der Waals surface area contributed by atoms with Gasteiger partial charge in [-0.05, 0) is 48.4 Å². The van der Waals surface area contributed by atoms with Crippen molar-refractivity contribution in [3.63, 3.8) is 0 Å². The molecular formula is C22H17FN2O4S2. The number of carbonyl (C=O) groups is 1. The predicted octanol–water partition coefficient (Wildman–Crippen LogP) is 5.17. The fourth-order valence-corrected chi connectivity index (χ4v) is 4.77. The second-order valence-electron chi connectivity index (χ2n) is 6.91. The van der Waals surface area contributed by atoms with Crippen molar-refractivity contribution in [2.24, 2.45) is 0 Å². The Hall–Kier alpha value is -3.30. The second kappa shape index (κ2) is 8.09. The van der Waals surface area contributed by atoms with E-state index in [-0.39, 0.29) is 16.6 Å². The third-order valence-electron chi connectivity index (χ3n) is 4.66. The van der Waals surface area contributed by atoms with E-state index in [4.69, 9.17) is 4.52 Å². The first-order valence-electron chi connectivity index (χ1n) is 9.15. The molecule has 4 rings (SSSR count). The van der Waals surface area contributed by atoms with Crippen molar-refractivity contribution >= 4 is 32.1 Å². The Balaban J connectivity index is 1.76. The molecule has 1 amide bonds. The summed E-state index contributed by atoms with van der Waals surface area (Å²) >= 11 is 1.33. The molecule has 1 N–H and O–H groups in total. The molecule has 2 aromatic carbocycles. The van der Waals surface area contributed by atoms with Crippen LogP contribution < -0.4 is 5.32 Å². The number of nitrogens with zero attached hydrogens (tertiary/aromatic N) is 1. The second-order valence-corrected chi connectivity index (χ2v) is 9.97. The molecule has 9 heteroatoms. The maximum Gasteiger partial charge on any atom is 0.261 e. The van der Waals surface area contributed by atoms with E-state index in [0.29, 0.717) is 16.3 Å². The maximum absolute atomic E-state index is 13.4. The van der Waals surface area contributed by atoms with Crippen molar-refractivity contribution in [2.45, 2.75) is 11.8 Å². The van der Waals surface area contributed by atoms with Crippen LogP contribution in [-0.2, 0) is 9.84 Å². The lowest BCUT2D eigenvalue weighted by Gasteiger charge is -2.05. The van der Waals surface area contributed by atoms with Crippen molar-refractivity contribution in [3.8, 4) is 21.6 Å². The smallest absolute Gasteiger partial charge is 0.261 e. The van der Waals surface area contributed by atoms with E-state index in [9.17, 15) is 17.6 Å². The lowest BCUT2D eigenvalue weighted by Crippen LogP contribution is -2.10. The first-order valence-corrected chi connectivity index (χ1v) is 11.9. The third kappa shape index (κ3) is 4.42. The van der Waals surface area contributed by atoms with Crippen molar-refractivity contribution in [1.82, 2.24) is 5.16 Å². The van der Waals surface area contributed by atoms with Gasteiger partial charge in [-0.3, -0.25) is 4.79 Å². The standard InChI is InChI=1S/C22H17FN2O4S2/c1-13-19(12-24-29-13)22(26)25-20-11-18(14-5-9-17(10-6-14)31(2,27)28)21(30-20)15-3-7-16(23)8-4-15/h3-12H,1-2H3,(H,25,26). The minimum absolute atomic E-state index is 0.214. The molecule has 0 aliphatic heterocycles. The molecule has 6 nitrogen and oxygen atoms in total. The number of rotatable bonds is 5. The number of amides is 1. The lowest BCUT2D eigenvalue weighted by atomic mass is 10.0. The summed E-state index contributed by atoms with van der Waals surface area (Å²) in [7, 11) is -3.32. The van der Waals surface area contributed by atoms with Gasteiger partial charge >= 0.3 is 0 Å². The molecule has 0 aliphatic rings. The van der Waals surface area contributed by atoms with Gasteiger partial charge in [0.15, 0.2) is 9.84 Å². The van der Waals surface area contributed by atoms with E-state index in [1.54, 1.807) is 37.3 Å². The molecule has 158 valence electrons. The summed E-state index contributed by atoms with van der Waals surface area (Å²) in [6, 6.07) is 14.3. The van der Waals surface area contributed by atoms with E-state index in [2.05, 4.69) is 10.5 Å². The SMILES string of the molecule is Cc1oncc1C(=O)Nc1cc(-c2ccc(S(C)(=O)=O)cc2)c(-c2ccc(F)cc2)s1. The van der Waals surface area contributed by atoms with Crippen LogP contribution in [0.25, 0.3) is 21.6 Å². The van der Waals surface area contributed by atoms with Crippen LogP contribution in [-0.4, -0.2) is 25.7 Å². The van der Waals surface area contributed by atoms with Crippen LogP contribution in [0.1, 0.15) is 16.1 Å². The quantitative estimate of drug-likeness (QED) is 0.447. The molecular weight excluding hydrogens is 439 g/mol. The Labute approximate surface area is 182 Å². The number of thiophene rings is 1. The molecule has 0 unspecified atom stereocenters. The molecule has 4 aromatic rings. The fraction of sp³-hybridized carbons (Fsp3) is 0.0909. The highest BCUT2D eigenvalue weighted by molar-refractivity contribution is 7.90. The van der Waals surface area contributed by atoms with E-state index in [1.165, 1.54) is 41.8 Å². The zero-order chi connectivity index (χ0) is 22.2. The van der Waals surface area contributed by atoms with Gasteiger partial charge in [0, 0.05) is 16.7 Å². The molecule has 2 heterocycles. The predicted molar refractivity (Wildman–Crippen MR) is 117 cm³/mol. The number of aryl methyl sites for hydroxylation is 1. The zero-order valence-electron chi connectivity index (χ0n) is 16.5. The summed E-state index contributed by atoms with van der Waals surface area (Å²) in [5, 5.41) is 7.04. The summed E-state index contributed by atoms with van der Waals surface area (Å²) in [6.07, 6.45) is 2.50. The summed E-state index contributed by atoms with van der Waals surface area (Å²) in [5.74, 6) is -0.301. The van der Waals surface area contributed by atoms with Gasteiger partial charge in [0.1, 0.15) is 17.1 Å². The largest absolute Gasteiger partial charge is 0.361 e. The molecule has 0 spiro atoms. The highest BCUT2D eigenvalue weighted by atomic mass is 32.2. The topological polar surface area (TPSA) is 89.3 Å². The molecule has 0 fully saturated rings. The first kappa shape index (κ1) is 21.0. The first-order chi connectivity index (χ1) is 14.7. The molecule has 0 radical (unpaired) electrons. The van der Waals surface area contributed by atoms with Crippen molar-refractivity contribution < 1.29 is 22.1 Å². The van der Waals surface area contributed by atoms with Gasteiger partial charge in [-0.2, -0.15) is 0 Å². The molecule has 0 aliphatic carbocycles. The van der Waals surface area contributed by atoms with Crippen LogP contribution in [0.4, 0.5) is 9.39 Å². The number of benzene rings is 2. The van der Waals surface area contributed by atoms with E-state index in [1.807, 2.05) is 0 Å². The average molecular weight is 457 g/mol. The number of nitrogens with one attached hydrogen (secondary N) is 1. The summed E-state index contributed by atoms with van der Waals surface area (Å²) < 4.78 is 41.9. The highest BCUT2D eigenvalue weighted by Gasteiger charge is 2.18. The summed E-state index contributed by atoms with van der Waals surface area (Å²) in [5.41, 5.74) is 2.66. The van der Waals surface area contributed by atoms with Gasteiger partial charge in [-0.1, -0.05) is 29.4 Å². The molecule has 0 saturated heterocycles. The van der Waals surface area contributed by atoms with Gasteiger partial charge in [-0.25, -0.2) is 12.8 Å². The van der Waals surface area contributed by atoms with Crippen LogP contribution >= 0.6 is 11.3 Å². The Morgan fingerprint density at radius 3 is 2.29 bits per heavy atom. The minimum atomic E-state index is -3.32. The molecule has 0 atom stereocenters. The molecule has 2 aromatic heterocycles. The number of hydrogen-bond donors (Lipinski definition) is 1. The van der Waals surface area contributed by atoms with Gasteiger partial charge in [0.05, 0.1) is 16.1 Å². The van der Waals surface area contributed by atoms with Gasteiger partial charge < -0.3 is 9.84 Å². The number of halogens is 1. The number of carbonyl (C=O) groups excluding carboxylic acids is 1. The molecule has 0 saturated carbocycles. The Morgan fingerprint density at radius 2 is 1.71 bits per heavy atom. The summed E-state index contributed by atoms with van der Waals surface area (Å²) in [4.78, 5) is 13.6.